The number of para-hydroxylation sites is 1. The number of rotatable bonds is 7. The summed E-state index contributed by atoms with van der Waals surface area (Å²) in [4.78, 5) is 38.9. The maximum Gasteiger partial charge on any atom is 0.425 e. The predicted octanol–water partition coefficient (Wildman–Crippen LogP) is 3.23. The molecule has 1 atom stereocenters. The first-order chi connectivity index (χ1) is 13.5. The monoisotopic (exact) mass is 412 g/mol. The maximum absolute atomic E-state index is 14.3. The zero-order valence-corrected chi connectivity index (χ0v) is 16.6. The second-order valence-corrected chi connectivity index (χ2v) is 6.73. The third-order valence-electron chi connectivity index (χ3n) is 4.87. The summed E-state index contributed by atoms with van der Waals surface area (Å²) in [5, 5.41) is 1.83. The second-order valence-electron chi connectivity index (χ2n) is 6.73. The molecule has 0 aliphatic carbocycles. The number of amides is 2. The number of nitrogens with one attached hydrogen (secondary N) is 1. The Morgan fingerprint density at radius 3 is 2.38 bits per heavy atom. The van der Waals surface area contributed by atoms with Crippen LogP contribution < -0.4 is 10.1 Å². The average molecular weight is 412 g/mol. The number of alkyl halides is 3. The molecule has 0 saturated carbocycles. The number of Topliss-reactive ketones (excluding diaryl/α,β-unsaturated/α-hetero) is 1. The van der Waals surface area contributed by atoms with Gasteiger partial charge in [0, 0.05) is 12.2 Å². The quantitative estimate of drug-likeness (QED) is 0.746. The Kier molecular flexibility index (Phi) is 6.40. The summed E-state index contributed by atoms with van der Waals surface area (Å²) in [6, 6.07) is 5.69. The first kappa shape index (κ1) is 22.4. The number of carbonyl (C=O) groups excluding carboxylic acids is 3. The fourth-order valence-electron chi connectivity index (χ4n) is 3.49. The van der Waals surface area contributed by atoms with Crippen molar-refractivity contribution in [2.24, 2.45) is 0 Å². The van der Waals surface area contributed by atoms with E-state index in [0.717, 1.165) is 11.8 Å². The van der Waals surface area contributed by atoms with Crippen LogP contribution in [0.15, 0.2) is 35.5 Å². The van der Waals surface area contributed by atoms with Crippen molar-refractivity contribution in [2.75, 3.05) is 13.7 Å². The average Bonchev–Trinajstić information content (AvgIpc) is 2.87. The second kappa shape index (κ2) is 8.26. The zero-order chi connectivity index (χ0) is 22.0. The van der Waals surface area contributed by atoms with Gasteiger partial charge >= 0.3 is 6.18 Å². The van der Waals surface area contributed by atoms with Crippen LogP contribution in [0.3, 0.4) is 0 Å². The van der Waals surface area contributed by atoms with E-state index in [4.69, 9.17) is 4.74 Å². The summed E-state index contributed by atoms with van der Waals surface area (Å²) in [5.74, 6) is -3.45. The van der Waals surface area contributed by atoms with Gasteiger partial charge in [-0.3, -0.25) is 14.4 Å². The Morgan fingerprint density at radius 2 is 1.86 bits per heavy atom. The minimum atomic E-state index is -5.23. The van der Waals surface area contributed by atoms with Gasteiger partial charge < -0.3 is 15.0 Å². The van der Waals surface area contributed by atoms with Crippen LogP contribution in [0.2, 0.25) is 0 Å². The van der Waals surface area contributed by atoms with Gasteiger partial charge in [0.15, 0.2) is 5.78 Å². The Morgan fingerprint density at radius 1 is 1.24 bits per heavy atom. The molecule has 1 heterocycles. The predicted molar refractivity (Wildman–Crippen MR) is 99.2 cm³/mol. The lowest BCUT2D eigenvalue weighted by Crippen LogP contribution is -2.66. The molecule has 0 spiro atoms. The van der Waals surface area contributed by atoms with Gasteiger partial charge in [0.1, 0.15) is 5.75 Å². The van der Waals surface area contributed by atoms with Crippen molar-refractivity contribution in [3.05, 3.63) is 41.1 Å². The molecule has 1 aliphatic heterocycles. The van der Waals surface area contributed by atoms with E-state index in [1.54, 1.807) is 6.07 Å². The van der Waals surface area contributed by atoms with E-state index in [-0.39, 0.29) is 23.6 Å². The molecule has 0 saturated heterocycles. The number of carbonyl (C=O) groups is 3. The minimum Gasteiger partial charge on any atom is -0.496 e. The Hall–Kier alpha value is -2.84. The number of benzene rings is 1. The summed E-state index contributed by atoms with van der Waals surface area (Å²) in [7, 11) is 1.27. The van der Waals surface area contributed by atoms with Crippen LogP contribution in [0, 0.1) is 0 Å². The van der Waals surface area contributed by atoms with Gasteiger partial charge in [0.2, 0.25) is 5.54 Å². The molecular weight excluding hydrogens is 389 g/mol. The summed E-state index contributed by atoms with van der Waals surface area (Å²) in [6.07, 6.45) is -4.15. The lowest BCUT2D eigenvalue weighted by Gasteiger charge is -2.33. The van der Waals surface area contributed by atoms with E-state index in [9.17, 15) is 27.6 Å². The zero-order valence-electron chi connectivity index (χ0n) is 16.6. The molecule has 1 aliphatic rings. The van der Waals surface area contributed by atoms with E-state index >= 15 is 0 Å². The van der Waals surface area contributed by atoms with Gasteiger partial charge in [0.25, 0.3) is 11.8 Å². The lowest BCUT2D eigenvalue weighted by atomic mass is 9.86. The third-order valence-corrected chi connectivity index (χ3v) is 4.87. The number of allylic oxidation sites excluding steroid dienone is 1. The molecule has 1 aromatic rings. The van der Waals surface area contributed by atoms with Crippen LogP contribution in [-0.2, 0) is 9.59 Å². The van der Waals surface area contributed by atoms with E-state index < -0.39 is 34.9 Å². The molecule has 9 heteroatoms. The van der Waals surface area contributed by atoms with Gasteiger partial charge in [-0.15, -0.1) is 0 Å². The Bertz CT molecular complexity index is 864. The number of unbranched alkanes of at least 4 members (excludes halogenated alkanes) is 1. The van der Waals surface area contributed by atoms with E-state index in [0.29, 0.717) is 12.8 Å². The van der Waals surface area contributed by atoms with Gasteiger partial charge in [-0.25, -0.2) is 0 Å². The molecule has 0 bridgehead atoms. The third kappa shape index (κ3) is 3.73. The number of hydrogen-bond donors (Lipinski definition) is 1. The van der Waals surface area contributed by atoms with Crippen LogP contribution in [0.1, 0.15) is 44.0 Å². The van der Waals surface area contributed by atoms with E-state index in [1.807, 2.05) is 12.2 Å². The largest absolute Gasteiger partial charge is 0.496 e. The molecular formula is C20H23F3N2O4. The lowest BCUT2D eigenvalue weighted by molar-refractivity contribution is -0.190. The van der Waals surface area contributed by atoms with Crippen molar-refractivity contribution in [1.29, 1.82) is 0 Å². The van der Waals surface area contributed by atoms with Crippen molar-refractivity contribution in [1.82, 2.24) is 10.2 Å². The fraction of sp³-hybridized carbons (Fsp3) is 0.450. The van der Waals surface area contributed by atoms with Gasteiger partial charge in [0.05, 0.1) is 18.2 Å². The van der Waals surface area contributed by atoms with Gasteiger partial charge in [-0.2, -0.15) is 13.2 Å². The molecule has 2 rings (SSSR count). The highest BCUT2D eigenvalue weighted by Crippen LogP contribution is 2.45. The highest BCUT2D eigenvalue weighted by atomic mass is 19.4. The SMILES string of the molecule is CCCCN1C(=O)C(NC(=O)c2ccccc2OC)(C(F)(F)F)C(C(C)=O)=C1C. The fourth-order valence-corrected chi connectivity index (χ4v) is 3.49. The molecule has 0 aromatic heterocycles. The molecule has 0 radical (unpaired) electrons. The van der Waals surface area contributed by atoms with Gasteiger partial charge in [-0.05, 0) is 32.4 Å². The molecule has 6 nitrogen and oxygen atoms in total. The van der Waals surface area contributed by atoms with Crippen molar-refractivity contribution < 1.29 is 32.3 Å². The summed E-state index contributed by atoms with van der Waals surface area (Å²) < 4.78 is 48.0. The standard InChI is InChI=1S/C20H23F3N2O4/c1-5-6-11-25-12(2)16(13(3)26)19(18(25)28,20(21,22)23)24-17(27)14-9-7-8-10-15(14)29-4/h7-10H,5-6,11H2,1-4H3,(H,24,27). The summed E-state index contributed by atoms with van der Waals surface area (Å²) >= 11 is 0. The molecule has 0 fully saturated rings. The minimum absolute atomic E-state index is 0.0142. The Labute approximate surface area is 166 Å². The number of nitrogens with zero attached hydrogens (tertiary/aromatic N) is 1. The molecule has 1 unspecified atom stereocenters. The number of hydrogen-bond acceptors (Lipinski definition) is 4. The number of halogens is 3. The van der Waals surface area contributed by atoms with Crippen molar-refractivity contribution in [2.45, 2.75) is 45.3 Å². The van der Waals surface area contributed by atoms with Crippen LogP contribution in [-0.4, -0.2) is 47.9 Å². The first-order valence-corrected chi connectivity index (χ1v) is 9.09. The molecule has 29 heavy (non-hydrogen) atoms. The summed E-state index contributed by atoms with van der Waals surface area (Å²) in [5.41, 5.74) is -4.50. The summed E-state index contributed by atoms with van der Waals surface area (Å²) in [6.45, 7) is 4.07. The van der Waals surface area contributed by atoms with E-state index in [2.05, 4.69) is 0 Å². The first-order valence-electron chi connectivity index (χ1n) is 9.09. The number of methoxy groups -OCH3 is 1. The van der Waals surface area contributed by atoms with Crippen molar-refractivity contribution >= 4 is 17.6 Å². The van der Waals surface area contributed by atoms with E-state index in [1.165, 1.54) is 32.2 Å². The molecule has 2 amide bonds. The van der Waals surface area contributed by atoms with Crippen LogP contribution in [0.25, 0.3) is 0 Å². The highest BCUT2D eigenvalue weighted by Gasteiger charge is 2.69. The van der Waals surface area contributed by atoms with Crippen molar-refractivity contribution in [3.63, 3.8) is 0 Å². The molecule has 1 N–H and O–H groups in total. The highest BCUT2D eigenvalue weighted by molar-refractivity contribution is 6.13. The van der Waals surface area contributed by atoms with Crippen LogP contribution in [0.4, 0.5) is 13.2 Å². The van der Waals surface area contributed by atoms with Crippen LogP contribution >= 0.6 is 0 Å². The molecule has 158 valence electrons. The van der Waals surface area contributed by atoms with Gasteiger partial charge in [-0.1, -0.05) is 25.5 Å². The smallest absolute Gasteiger partial charge is 0.425 e. The maximum atomic E-state index is 14.3. The molecule has 1 aromatic carbocycles. The Balaban J connectivity index is 2.63. The topological polar surface area (TPSA) is 75.7 Å². The van der Waals surface area contributed by atoms with Crippen LogP contribution in [0.5, 0.6) is 5.75 Å². The normalized spacial score (nSPS) is 19.6. The number of ether oxygens (including phenoxy) is 1. The van der Waals surface area contributed by atoms with Crippen molar-refractivity contribution in [3.8, 4) is 5.75 Å². The number of ketones is 1.